The minimum Gasteiger partial charge on any atom is -0.379 e. The van der Waals surface area contributed by atoms with Crippen LogP contribution in [0, 0.1) is 6.92 Å². The van der Waals surface area contributed by atoms with Crippen LogP contribution >= 0.6 is 0 Å². The highest BCUT2D eigenvalue weighted by Gasteiger charge is 2.01. The molecule has 0 aliphatic rings. The molecule has 2 aromatic rings. The molecular formula is C19H24N2O2. The summed E-state index contributed by atoms with van der Waals surface area (Å²) in [4.78, 5) is 8.89. The zero-order chi connectivity index (χ0) is 16.3. The first kappa shape index (κ1) is 17.3. The highest BCUT2D eigenvalue weighted by molar-refractivity contribution is 5.54. The van der Waals surface area contributed by atoms with E-state index < -0.39 is 0 Å². The van der Waals surface area contributed by atoms with Crippen molar-refractivity contribution in [2.45, 2.75) is 19.8 Å². The van der Waals surface area contributed by atoms with Gasteiger partial charge < -0.3 is 9.47 Å². The van der Waals surface area contributed by atoms with Gasteiger partial charge in [0.15, 0.2) is 5.82 Å². The van der Waals surface area contributed by atoms with Crippen LogP contribution in [-0.2, 0) is 15.9 Å². The van der Waals surface area contributed by atoms with Crippen LogP contribution in [0.2, 0.25) is 0 Å². The number of aromatic nitrogens is 2. The number of hydrogen-bond acceptors (Lipinski definition) is 4. The van der Waals surface area contributed by atoms with Crippen LogP contribution < -0.4 is 0 Å². The van der Waals surface area contributed by atoms with Crippen molar-refractivity contribution in [3.8, 4) is 11.4 Å². The van der Waals surface area contributed by atoms with E-state index >= 15 is 0 Å². The van der Waals surface area contributed by atoms with Gasteiger partial charge in [-0.3, -0.25) is 0 Å². The van der Waals surface area contributed by atoms with E-state index in [9.17, 15) is 0 Å². The molecule has 0 saturated carbocycles. The molecule has 0 saturated heterocycles. The molecule has 23 heavy (non-hydrogen) atoms. The van der Waals surface area contributed by atoms with Gasteiger partial charge in [-0.2, -0.15) is 0 Å². The van der Waals surface area contributed by atoms with E-state index in [2.05, 4.69) is 35.6 Å². The highest BCUT2D eigenvalue weighted by Crippen LogP contribution is 2.15. The Morgan fingerprint density at radius 1 is 1.00 bits per heavy atom. The van der Waals surface area contributed by atoms with Crippen molar-refractivity contribution in [3.63, 3.8) is 0 Å². The number of nitrogens with zero attached hydrogens (tertiary/aromatic N) is 2. The normalized spacial score (nSPS) is 10.7. The Kier molecular flexibility index (Phi) is 7.43. The van der Waals surface area contributed by atoms with E-state index in [4.69, 9.17) is 9.47 Å². The molecule has 2 rings (SSSR count). The molecule has 0 fully saturated rings. The molecule has 4 heteroatoms. The molecule has 0 aliphatic carbocycles. The third-order valence-electron chi connectivity index (χ3n) is 3.38. The van der Waals surface area contributed by atoms with E-state index in [0.29, 0.717) is 19.8 Å². The Bertz CT molecular complexity index is 579. The van der Waals surface area contributed by atoms with Gasteiger partial charge in [0.2, 0.25) is 0 Å². The molecule has 0 amide bonds. The lowest BCUT2D eigenvalue weighted by atomic mass is 10.1. The molecule has 0 N–H and O–H groups in total. The lowest BCUT2D eigenvalue weighted by Gasteiger charge is -2.05. The van der Waals surface area contributed by atoms with Crippen LogP contribution in [0.1, 0.15) is 17.5 Å². The largest absolute Gasteiger partial charge is 0.379 e. The van der Waals surface area contributed by atoms with Gasteiger partial charge in [0.05, 0.1) is 19.8 Å². The summed E-state index contributed by atoms with van der Waals surface area (Å²) in [6.45, 7) is 8.19. The molecule has 0 radical (unpaired) electrons. The Morgan fingerprint density at radius 2 is 1.70 bits per heavy atom. The van der Waals surface area contributed by atoms with E-state index in [0.717, 1.165) is 36.4 Å². The van der Waals surface area contributed by atoms with Gasteiger partial charge in [-0.1, -0.05) is 35.9 Å². The minimum absolute atomic E-state index is 0.577. The second kappa shape index (κ2) is 9.87. The standard InChI is InChI=1S/C19H24N2O2/c1-3-10-22-12-13-23-11-4-5-17-14-20-19(21-15-17)18-8-6-16(2)7-9-18/h3,6-9,14-15H,1,4-5,10-13H2,2H3. The number of aryl methyl sites for hydroxylation is 2. The fourth-order valence-corrected chi connectivity index (χ4v) is 2.10. The zero-order valence-electron chi connectivity index (χ0n) is 13.7. The molecule has 1 aromatic heterocycles. The summed E-state index contributed by atoms with van der Waals surface area (Å²) >= 11 is 0. The summed E-state index contributed by atoms with van der Waals surface area (Å²) in [5.41, 5.74) is 3.41. The monoisotopic (exact) mass is 312 g/mol. The van der Waals surface area contributed by atoms with Crippen molar-refractivity contribution in [1.82, 2.24) is 9.97 Å². The van der Waals surface area contributed by atoms with Gasteiger partial charge in [-0.15, -0.1) is 6.58 Å². The second-order valence-electron chi connectivity index (χ2n) is 5.36. The molecule has 0 unspecified atom stereocenters. The lowest BCUT2D eigenvalue weighted by Crippen LogP contribution is -2.06. The summed E-state index contributed by atoms with van der Waals surface area (Å²) in [7, 11) is 0. The third-order valence-corrected chi connectivity index (χ3v) is 3.38. The maximum Gasteiger partial charge on any atom is 0.159 e. The SMILES string of the molecule is C=CCOCCOCCCc1cnc(-c2ccc(C)cc2)nc1. The first-order valence-corrected chi connectivity index (χ1v) is 7.94. The maximum absolute atomic E-state index is 5.51. The van der Waals surface area contributed by atoms with Gasteiger partial charge in [-0.25, -0.2) is 9.97 Å². The number of rotatable bonds is 10. The van der Waals surface area contributed by atoms with Gasteiger partial charge in [0.25, 0.3) is 0 Å². The van der Waals surface area contributed by atoms with Crippen molar-refractivity contribution in [3.05, 3.63) is 60.4 Å². The van der Waals surface area contributed by atoms with Crippen LogP contribution in [0.5, 0.6) is 0 Å². The highest BCUT2D eigenvalue weighted by atomic mass is 16.5. The lowest BCUT2D eigenvalue weighted by molar-refractivity contribution is 0.0575. The molecular weight excluding hydrogens is 288 g/mol. The summed E-state index contributed by atoms with van der Waals surface area (Å²) in [6.07, 6.45) is 7.40. The Morgan fingerprint density at radius 3 is 2.39 bits per heavy atom. The molecule has 1 aromatic carbocycles. The fourth-order valence-electron chi connectivity index (χ4n) is 2.10. The smallest absolute Gasteiger partial charge is 0.159 e. The first-order valence-electron chi connectivity index (χ1n) is 7.94. The molecule has 0 atom stereocenters. The van der Waals surface area contributed by atoms with Gasteiger partial charge in [-0.05, 0) is 25.3 Å². The third kappa shape index (κ3) is 6.30. The molecule has 0 spiro atoms. The predicted molar refractivity (Wildman–Crippen MR) is 92.4 cm³/mol. The van der Waals surface area contributed by atoms with E-state index in [1.807, 2.05) is 24.5 Å². The number of hydrogen-bond donors (Lipinski definition) is 0. The topological polar surface area (TPSA) is 44.2 Å². The summed E-state index contributed by atoms with van der Waals surface area (Å²) < 4.78 is 10.8. The van der Waals surface area contributed by atoms with E-state index in [1.54, 1.807) is 6.08 Å². The van der Waals surface area contributed by atoms with Crippen molar-refractivity contribution < 1.29 is 9.47 Å². The molecule has 0 bridgehead atoms. The first-order chi connectivity index (χ1) is 11.3. The van der Waals surface area contributed by atoms with Crippen molar-refractivity contribution in [2.75, 3.05) is 26.4 Å². The molecule has 0 aliphatic heterocycles. The Hall–Kier alpha value is -2.04. The van der Waals surface area contributed by atoms with Gasteiger partial charge >= 0.3 is 0 Å². The van der Waals surface area contributed by atoms with Crippen LogP contribution in [0.25, 0.3) is 11.4 Å². The average molecular weight is 312 g/mol. The van der Waals surface area contributed by atoms with Crippen molar-refractivity contribution >= 4 is 0 Å². The van der Waals surface area contributed by atoms with Crippen LogP contribution in [0.3, 0.4) is 0 Å². The van der Waals surface area contributed by atoms with E-state index in [1.165, 1.54) is 5.56 Å². The average Bonchev–Trinajstić information content (AvgIpc) is 2.59. The van der Waals surface area contributed by atoms with Crippen molar-refractivity contribution in [1.29, 1.82) is 0 Å². The predicted octanol–water partition coefficient (Wildman–Crippen LogP) is 3.60. The van der Waals surface area contributed by atoms with Gasteiger partial charge in [0, 0.05) is 24.6 Å². The Labute approximate surface area is 138 Å². The summed E-state index contributed by atoms with van der Waals surface area (Å²) in [5.74, 6) is 0.768. The summed E-state index contributed by atoms with van der Waals surface area (Å²) in [6, 6.07) is 8.24. The second-order valence-corrected chi connectivity index (χ2v) is 5.36. The number of ether oxygens (including phenoxy) is 2. The van der Waals surface area contributed by atoms with Crippen LogP contribution in [-0.4, -0.2) is 36.4 Å². The minimum atomic E-state index is 0.577. The fraction of sp³-hybridized carbons (Fsp3) is 0.368. The molecule has 4 nitrogen and oxygen atoms in total. The van der Waals surface area contributed by atoms with Gasteiger partial charge in [0.1, 0.15) is 0 Å². The Balaban J connectivity index is 1.69. The number of benzene rings is 1. The molecule has 1 heterocycles. The van der Waals surface area contributed by atoms with Crippen LogP contribution in [0.15, 0.2) is 49.3 Å². The quantitative estimate of drug-likeness (QED) is 0.496. The maximum atomic E-state index is 5.51. The zero-order valence-corrected chi connectivity index (χ0v) is 13.7. The molecule has 122 valence electrons. The van der Waals surface area contributed by atoms with Crippen molar-refractivity contribution in [2.24, 2.45) is 0 Å². The van der Waals surface area contributed by atoms with Crippen LogP contribution in [0.4, 0.5) is 0 Å². The summed E-state index contributed by atoms with van der Waals surface area (Å²) in [5, 5.41) is 0. The van der Waals surface area contributed by atoms with E-state index in [-0.39, 0.29) is 0 Å².